The topological polar surface area (TPSA) is 86.8 Å². The highest BCUT2D eigenvalue weighted by atomic mass is 35.5. The molecular formula is C21H25Cl2N3O4S. The lowest BCUT2D eigenvalue weighted by Gasteiger charge is -2.31. The van der Waals surface area contributed by atoms with Crippen LogP contribution in [0.4, 0.5) is 5.69 Å². The van der Waals surface area contributed by atoms with Crippen molar-refractivity contribution >= 4 is 50.7 Å². The smallest absolute Gasteiger partial charge is 0.244 e. The van der Waals surface area contributed by atoms with Crippen LogP contribution in [-0.4, -0.2) is 51.0 Å². The number of rotatable bonds is 8. The number of anilines is 1. The van der Waals surface area contributed by atoms with Gasteiger partial charge in [-0.15, -0.1) is 0 Å². The monoisotopic (exact) mass is 485 g/mol. The van der Waals surface area contributed by atoms with Crippen LogP contribution in [0.5, 0.6) is 0 Å². The zero-order valence-electron chi connectivity index (χ0n) is 17.7. The van der Waals surface area contributed by atoms with Gasteiger partial charge in [-0.05, 0) is 49.2 Å². The van der Waals surface area contributed by atoms with Crippen molar-refractivity contribution in [2.75, 3.05) is 24.2 Å². The minimum atomic E-state index is -3.81. The molecule has 1 atom stereocenters. The summed E-state index contributed by atoms with van der Waals surface area (Å²) < 4.78 is 26.1. The fraction of sp³-hybridized carbons (Fsp3) is 0.333. The number of nitrogens with zero attached hydrogens (tertiary/aromatic N) is 2. The first-order chi connectivity index (χ1) is 14.5. The van der Waals surface area contributed by atoms with Crippen molar-refractivity contribution in [3.63, 3.8) is 0 Å². The number of nitrogens with one attached hydrogen (secondary N) is 1. The van der Waals surface area contributed by atoms with E-state index in [0.717, 1.165) is 16.1 Å². The highest BCUT2D eigenvalue weighted by Crippen LogP contribution is 2.28. The minimum Gasteiger partial charge on any atom is -0.357 e. The fourth-order valence-electron chi connectivity index (χ4n) is 3.04. The average molecular weight is 486 g/mol. The lowest BCUT2D eigenvalue weighted by Crippen LogP contribution is -2.50. The van der Waals surface area contributed by atoms with Gasteiger partial charge in [0.1, 0.15) is 12.6 Å². The van der Waals surface area contributed by atoms with E-state index in [4.69, 9.17) is 23.2 Å². The Morgan fingerprint density at radius 1 is 1.10 bits per heavy atom. The second-order valence-electron chi connectivity index (χ2n) is 7.09. The molecule has 1 N–H and O–H groups in total. The SMILES string of the molecule is CNC(=O)[C@H](C)N(Cc1ccc(Cl)cc1)C(=O)CN(c1cccc(Cl)c1C)S(C)(=O)=O. The molecule has 0 aromatic heterocycles. The van der Waals surface area contributed by atoms with E-state index in [9.17, 15) is 18.0 Å². The predicted molar refractivity (Wildman–Crippen MR) is 124 cm³/mol. The van der Waals surface area contributed by atoms with Crippen LogP contribution in [0.3, 0.4) is 0 Å². The van der Waals surface area contributed by atoms with Gasteiger partial charge >= 0.3 is 0 Å². The molecule has 2 aromatic carbocycles. The van der Waals surface area contributed by atoms with E-state index in [1.165, 1.54) is 11.9 Å². The molecule has 0 spiro atoms. The molecule has 2 amide bonds. The number of benzene rings is 2. The van der Waals surface area contributed by atoms with Crippen LogP contribution in [0.1, 0.15) is 18.1 Å². The Balaban J connectivity index is 2.42. The van der Waals surface area contributed by atoms with Gasteiger partial charge < -0.3 is 10.2 Å². The molecule has 168 valence electrons. The molecule has 0 heterocycles. The van der Waals surface area contributed by atoms with Gasteiger partial charge in [0.15, 0.2) is 0 Å². The summed E-state index contributed by atoms with van der Waals surface area (Å²) in [6, 6.07) is 10.9. The zero-order valence-corrected chi connectivity index (χ0v) is 20.1. The van der Waals surface area contributed by atoms with Gasteiger partial charge in [0.05, 0.1) is 11.9 Å². The third-order valence-electron chi connectivity index (χ3n) is 4.87. The predicted octanol–water partition coefficient (Wildman–Crippen LogP) is 3.23. The number of likely N-dealkylation sites (N-methyl/N-ethyl adjacent to an activating group) is 1. The first kappa shape index (κ1) is 25.0. The molecule has 0 fully saturated rings. The van der Waals surface area contributed by atoms with Crippen LogP contribution in [0.25, 0.3) is 0 Å². The molecular weight excluding hydrogens is 461 g/mol. The first-order valence-corrected chi connectivity index (χ1v) is 12.0. The zero-order chi connectivity index (χ0) is 23.3. The molecule has 0 unspecified atom stereocenters. The Morgan fingerprint density at radius 2 is 1.71 bits per heavy atom. The molecule has 0 aliphatic carbocycles. The maximum atomic E-state index is 13.3. The van der Waals surface area contributed by atoms with Crippen molar-refractivity contribution in [1.29, 1.82) is 0 Å². The Hall–Kier alpha value is -2.29. The Morgan fingerprint density at radius 3 is 2.26 bits per heavy atom. The van der Waals surface area contributed by atoms with Gasteiger partial charge in [0.25, 0.3) is 0 Å². The maximum Gasteiger partial charge on any atom is 0.244 e. The van der Waals surface area contributed by atoms with E-state index < -0.39 is 28.5 Å². The van der Waals surface area contributed by atoms with Gasteiger partial charge in [0.2, 0.25) is 21.8 Å². The molecule has 10 heteroatoms. The van der Waals surface area contributed by atoms with Crippen molar-refractivity contribution in [3.05, 3.63) is 63.6 Å². The summed E-state index contributed by atoms with van der Waals surface area (Å²) in [5.74, 6) is -0.900. The number of hydrogen-bond acceptors (Lipinski definition) is 4. The number of carbonyl (C=O) groups is 2. The molecule has 0 saturated carbocycles. The Kier molecular flexibility index (Phi) is 8.34. The molecule has 0 bridgehead atoms. The van der Waals surface area contributed by atoms with Gasteiger partial charge in [-0.2, -0.15) is 0 Å². The van der Waals surface area contributed by atoms with E-state index in [2.05, 4.69) is 5.32 Å². The largest absolute Gasteiger partial charge is 0.357 e. The van der Waals surface area contributed by atoms with Crippen molar-refractivity contribution in [2.24, 2.45) is 0 Å². The van der Waals surface area contributed by atoms with Crippen molar-refractivity contribution in [3.8, 4) is 0 Å². The molecule has 0 aliphatic rings. The van der Waals surface area contributed by atoms with E-state index in [-0.39, 0.29) is 12.5 Å². The first-order valence-electron chi connectivity index (χ1n) is 9.44. The van der Waals surface area contributed by atoms with Gasteiger partial charge in [0, 0.05) is 23.6 Å². The minimum absolute atomic E-state index is 0.108. The standard InChI is InChI=1S/C21H25Cl2N3O4S/c1-14-18(23)6-5-7-19(14)26(31(4,29)30)13-20(27)25(15(2)21(28)24-3)12-16-8-10-17(22)11-9-16/h5-11,15H,12-13H2,1-4H3,(H,24,28)/t15-/m0/s1. The van der Waals surface area contributed by atoms with E-state index in [1.807, 2.05) is 0 Å². The second-order valence-corrected chi connectivity index (χ2v) is 9.84. The summed E-state index contributed by atoms with van der Waals surface area (Å²) >= 11 is 12.1. The number of carbonyl (C=O) groups excluding carboxylic acids is 2. The second kappa shape index (κ2) is 10.3. The summed E-state index contributed by atoms with van der Waals surface area (Å²) in [4.78, 5) is 26.9. The summed E-state index contributed by atoms with van der Waals surface area (Å²) in [6.45, 7) is 2.90. The molecule has 0 radical (unpaired) electrons. The van der Waals surface area contributed by atoms with E-state index in [1.54, 1.807) is 56.3 Å². The number of halogens is 2. The van der Waals surface area contributed by atoms with Gasteiger partial charge in [-0.3, -0.25) is 13.9 Å². The van der Waals surface area contributed by atoms with Gasteiger partial charge in [-0.25, -0.2) is 8.42 Å². The summed E-state index contributed by atoms with van der Waals surface area (Å²) in [5.41, 5.74) is 1.59. The van der Waals surface area contributed by atoms with Crippen LogP contribution in [0.2, 0.25) is 10.0 Å². The fourth-order valence-corrected chi connectivity index (χ4v) is 4.23. The van der Waals surface area contributed by atoms with E-state index >= 15 is 0 Å². The van der Waals surface area contributed by atoms with Gasteiger partial charge in [-0.1, -0.05) is 41.4 Å². The quantitative estimate of drug-likeness (QED) is 0.621. The third-order valence-corrected chi connectivity index (χ3v) is 6.65. The number of sulfonamides is 1. The average Bonchev–Trinajstić information content (AvgIpc) is 2.71. The van der Waals surface area contributed by atoms with Crippen molar-refractivity contribution in [1.82, 2.24) is 10.2 Å². The summed E-state index contributed by atoms with van der Waals surface area (Å²) in [7, 11) is -2.33. The highest BCUT2D eigenvalue weighted by Gasteiger charge is 2.30. The van der Waals surface area contributed by atoms with Crippen LogP contribution in [0, 0.1) is 6.92 Å². The van der Waals surface area contributed by atoms with Crippen LogP contribution < -0.4 is 9.62 Å². The number of hydrogen-bond donors (Lipinski definition) is 1. The Bertz CT molecular complexity index is 1060. The lowest BCUT2D eigenvalue weighted by atomic mass is 10.1. The summed E-state index contributed by atoms with van der Waals surface area (Å²) in [6.07, 6.45) is 1.02. The van der Waals surface area contributed by atoms with Crippen molar-refractivity contribution < 1.29 is 18.0 Å². The molecule has 0 saturated heterocycles. The normalized spacial score (nSPS) is 12.2. The summed E-state index contributed by atoms with van der Waals surface area (Å²) in [5, 5.41) is 3.45. The molecule has 2 aromatic rings. The van der Waals surface area contributed by atoms with E-state index in [0.29, 0.717) is 21.3 Å². The molecule has 31 heavy (non-hydrogen) atoms. The van der Waals surface area contributed by atoms with Crippen LogP contribution >= 0.6 is 23.2 Å². The maximum absolute atomic E-state index is 13.3. The highest BCUT2D eigenvalue weighted by molar-refractivity contribution is 7.92. The Labute approximate surface area is 193 Å². The molecule has 2 rings (SSSR count). The van der Waals surface area contributed by atoms with Crippen molar-refractivity contribution in [2.45, 2.75) is 26.4 Å². The molecule has 0 aliphatic heterocycles. The van der Waals surface area contributed by atoms with Crippen LogP contribution in [-0.2, 0) is 26.2 Å². The molecule has 7 nitrogen and oxygen atoms in total. The number of amides is 2. The lowest BCUT2D eigenvalue weighted by molar-refractivity contribution is -0.139. The third kappa shape index (κ3) is 6.35. The van der Waals surface area contributed by atoms with Crippen LogP contribution in [0.15, 0.2) is 42.5 Å².